The third-order valence-corrected chi connectivity index (χ3v) is 4.22. The van der Waals surface area contributed by atoms with Gasteiger partial charge in [0, 0.05) is 24.0 Å². The number of anilines is 1. The van der Waals surface area contributed by atoms with Gasteiger partial charge in [0.1, 0.15) is 5.69 Å². The van der Waals surface area contributed by atoms with Crippen molar-refractivity contribution in [1.82, 2.24) is 20.3 Å². The molecule has 2 aromatic heterocycles. The van der Waals surface area contributed by atoms with E-state index in [0.717, 1.165) is 16.6 Å². The molecule has 2 aromatic carbocycles. The van der Waals surface area contributed by atoms with Gasteiger partial charge in [0.05, 0.1) is 17.4 Å². The Morgan fingerprint density at radius 1 is 0.929 bits per heavy atom. The van der Waals surface area contributed by atoms with Crippen molar-refractivity contribution in [1.29, 1.82) is 0 Å². The zero-order chi connectivity index (χ0) is 19.3. The molecule has 4 rings (SSSR count). The van der Waals surface area contributed by atoms with Gasteiger partial charge in [-0.25, -0.2) is 4.98 Å². The molecule has 0 radical (unpaired) electrons. The van der Waals surface area contributed by atoms with Gasteiger partial charge in [-0.2, -0.15) is 0 Å². The van der Waals surface area contributed by atoms with E-state index in [2.05, 4.69) is 25.6 Å². The van der Waals surface area contributed by atoms with Crippen molar-refractivity contribution in [3.63, 3.8) is 0 Å². The van der Waals surface area contributed by atoms with E-state index in [4.69, 9.17) is 0 Å². The van der Waals surface area contributed by atoms with Gasteiger partial charge in [-0.1, -0.05) is 18.2 Å². The number of pyridine rings is 1. The van der Waals surface area contributed by atoms with E-state index in [-0.39, 0.29) is 11.8 Å². The number of rotatable bonds is 5. The molecule has 0 aliphatic carbocycles. The van der Waals surface area contributed by atoms with Crippen LogP contribution in [0.2, 0.25) is 0 Å². The summed E-state index contributed by atoms with van der Waals surface area (Å²) < 4.78 is 0. The first kappa shape index (κ1) is 17.4. The second-order valence-corrected chi connectivity index (χ2v) is 6.19. The van der Waals surface area contributed by atoms with Crippen LogP contribution in [0.25, 0.3) is 11.0 Å². The lowest BCUT2D eigenvalue weighted by atomic mass is 10.1. The molecular formula is C21H17N5O2. The molecule has 0 saturated carbocycles. The maximum Gasteiger partial charge on any atom is 0.274 e. The number of imidazole rings is 1. The number of carbonyl (C=O) groups is 2. The lowest BCUT2D eigenvalue weighted by molar-refractivity contribution is 0.0950. The van der Waals surface area contributed by atoms with Crippen LogP contribution in [0.15, 0.2) is 73.2 Å². The van der Waals surface area contributed by atoms with Crippen molar-refractivity contribution in [2.75, 3.05) is 5.32 Å². The number of aromatic nitrogens is 3. The average Bonchev–Trinajstić information content (AvgIpc) is 3.21. The van der Waals surface area contributed by atoms with Crippen molar-refractivity contribution in [3.8, 4) is 0 Å². The van der Waals surface area contributed by atoms with E-state index in [0.29, 0.717) is 23.5 Å². The van der Waals surface area contributed by atoms with Crippen LogP contribution in [-0.4, -0.2) is 26.8 Å². The summed E-state index contributed by atoms with van der Waals surface area (Å²) in [6.45, 7) is 0.340. The van der Waals surface area contributed by atoms with Crippen LogP contribution in [0.4, 0.5) is 5.69 Å². The summed E-state index contributed by atoms with van der Waals surface area (Å²) in [5.41, 5.74) is 4.03. The summed E-state index contributed by atoms with van der Waals surface area (Å²) >= 11 is 0. The Labute approximate surface area is 160 Å². The van der Waals surface area contributed by atoms with Crippen molar-refractivity contribution in [2.24, 2.45) is 0 Å². The number of carbonyl (C=O) groups excluding carboxylic acids is 2. The molecule has 0 saturated heterocycles. The smallest absolute Gasteiger partial charge is 0.274 e. The first-order valence-corrected chi connectivity index (χ1v) is 8.72. The molecule has 0 aliphatic rings. The summed E-state index contributed by atoms with van der Waals surface area (Å²) in [4.78, 5) is 35.8. The fraction of sp³-hybridized carbons (Fsp3) is 0.0476. The van der Waals surface area contributed by atoms with E-state index in [9.17, 15) is 9.59 Å². The van der Waals surface area contributed by atoms with Gasteiger partial charge in [-0.3, -0.25) is 14.6 Å². The number of H-pyrrole nitrogens is 1. The molecule has 0 fully saturated rings. The van der Waals surface area contributed by atoms with Crippen LogP contribution in [0, 0.1) is 0 Å². The maximum atomic E-state index is 12.4. The zero-order valence-electron chi connectivity index (χ0n) is 14.8. The molecule has 138 valence electrons. The Morgan fingerprint density at radius 3 is 2.71 bits per heavy atom. The number of hydrogen-bond donors (Lipinski definition) is 3. The van der Waals surface area contributed by atoms with Crippen LogP contribution < -0.4 is 10.6 Å². The normalized spacial score (nSPS) is 10.6. The van der Waals surface area contributed by atoms with Gasteiger partial charge in [-0.15, -0.1) is 0 Å². The van der Waals surface area contributed by atoms with Gasteiger partial charge in [-0.05, 0) is 48.0 Å². The fourth-order valence-corrected chi connectivity index (χ4v) is 2.81. The van der Waals surface area contributed by atoms with Crippen molar-refractivity contribution >= 4 is 28.5 Å². The quantitative estimate of drug-likeness (QED) is 0.502. The number of amides is 2. The Balaban J connectivity index is 1.40. The minimum Gasteiger partial charge on any atom is -0.348 e. The largest absolute Gasteiger partial charge is 0.348 e. The SMILES string of the molecule is O=C(NCc1cccc(NC(=O)c2ccccn2)c1)c1ccc2nc[nH]c2c1. The Hall–Kier alpha value is -4.00. The summed E-state index contributed by atoms with van der Waals surface area (Å²) in [5.74, 6) is -0.464. The maximum absolute atomic E-state index is 12.4. The van der Waals surface area contributed by atoms with Gasteiger partial charge in [0.2, 0.25) is 0 Å². The Kier molecular flexibility index (Phi) is 4.79. The van der Waals surface area contributed by atoms with E-state index in [1.807, 2.05) is 18.2 Å². The van der Waals surface area contributed by atoms with Crippen molar-refractivity contribution < 1.29 is 9.59 Å². The minimum absolute atomic E-state index is 0.181. The van der Waals surface area contributed by atoms with Gasteiger partial charge >= 0.3 is 0 Å². The molecule has 4 aromatic rings. The number of hydrogen-bond acceptors (Lipinski definition) is 4. The van der Waals surface area contributed by atoms with E-state index < -0.39 is 0 Å². The molecule has 2 amide bonds. The summed E-state index contributed by atoms with van der Waals surface area (Å²) in [7, 11) is 0. The lowest BCUT2D eigenvalue weighted by Gasteiger charge is -2.09. The van der Waals surface area contributed by atoms with E-state index >= 15 is 0 Å². The summed E-state index contributed by atoms with van der Waals surface area (Å²) in [6, 6.07) is 17.8. The van der Waals surface area contributed by atoms with Crippen molar-refractivity contribution in [3.05, 3.63) is 90.0 Å². The van der Waals surface area contributed by atoms with Crippen molar-refractivity contribution in [2.45, 2.75) is 6.54 Å². The predicted molar refractivity (Wildman–Crippen MR) is 106 cm³/mol. The number of fused-ring (bicyclic) bond motifs is 1. The molecule has 0 aliphatic heterocycles. The fourth-order valence-electron chi connectivity index (χ4n) is 2.81. The average molecular weight is 371 g/mol. The topological polar surface area (TPSA) is 99.8 Å². The van der Waals surface area contributed by atoms with Gasteiger partial charge in [0.25, 0.3) is 11.8 Å². The van der Waals surface area contributed by atoms with E-state index in [1.54, 1.807) is 55.0 Å². The first-order valence-electron chi connectivity index (χ1n) is 8.72. The third kappa shape index (κ3) is 3.88. The minimum atomic E-state index is -0.283. The molecule has 0 unspecified atom stereocenters. The molecule has 3 N–H and O–H groups in total. The Bertz CT molecular complexity index is 1140. The number of aromatic amines is 1. The highest BCUT2D eigenvalue weighted by Crippen LogP contribution is 2.14. The second kappa shape index (κ2) is 7.71. The van der Waals surface area contributed by atoms with E-state index in [1.165, 1.54) is 0 Å². The second-order valence-electron chi connectivity index (χ2n) is 6.19. The van der Waals surface area contributed by atoms with Gasteiger partial charge in [0.15, 0.2) is 0 Å². The standard InChI is InChI=1S/C21H17N5O2/c27-20(15-7-8-17-19(11-15)25-13-24-17)23-12-14-4-3-5-16(10-14)26-21(28)18-6-1-2-9-22-18/h1-11,13H,12H2,(H,23,27)(H,24,25)(H,26,28). The van der Waals surface area contributed by atoms with Crippen LogP contribution in [0.1, 0.15) is 26.4 Å². The molecule has 7 heteroatoms. The number of nitrogens with zero attached hydrogens (tertiary/aromatic N) is 2. The summed E-state index contributed by atoms with van der Waals surface area (Å²) in [6.07, 6.45) is 3.17. The number of benzene rings is 2. The molecular weight excluding hydrogens is 354 g/mol. The zero-order valence-corrected chi connectivity index (χ0v) is 14.8. The van der Waals surface area contributed by atoms with Gasteiger partial charge < -0.3 is 15.6 Å². The van der Waals surface area contributed by atoms with Crippen LogP contribution in [-0.2, 0) is 6.54 Å². The molecule has 0 atom stereocenters. The first-order chi connectivity index (χ1) is 13.7. The third-order valence-electron chi connectivity index (χ3n) is 4.22. The molecule has 2 heterocycles. The molecule has 28 heavy (non-hydrogen) atoms. The van der Waals surface area contributed by atoms with Crippen LogP contribution in [0.3, 0.4) is 0 Å². The lowest BCUT2D eigenvalue weighted by Crippen LogP contribution is -2.22. The molecule has 0 spiro atoms. The Morgan fingerprint density at radius 2 is 1.86 bits per heavy atom. The van der Waals surface area contributed by atoms with Crippen LogP contribution in [0.5, 0.6) is 0 Å². The highest BCUT2D eigenvalue weighted by atomic mass is 16.2. The molecule has 0 bridgehead atoms. The monoisotopic (exact) mass is 371 g/mol. The van der Waals surface area contributed by atoms with Crippen LogP contribution >= 0.6 is 0 Å². The molecule has 7 nitrogen and oxygen atoms in total. The summed E-state index contributed by atoms with van der Waals surface area (Å²) in [5, 5.41) is 5.70. The highest BCUT2D eigenvalue weighted by molar-refractivity contribution is 6.02. The number of nitrogens with one attached hydrogen (secondary N) is 3. The predicted octanol–water partition coefficient (Wildman–Crippen LogP) is 3.14. The highest BCUT2D eigenvalue weighted by Gasteiger charge is 2.09.